The topological polar surface area (TPSA) is 91.8 Å². The Bertz CT molecular complexity index is 876. The van der Waals surface area contributed by atoms with Crippen LogP contribution in [-0.2, 0) is 0 Å². The number of hydrogen-bond acceptors (Lipinski definition) is 4. The lowest BCUT2D eigenvalue weighted by molar-refractivity contribution is 0.0697. The van der Waals surface area contributed by atoms with E-state index in [0.717, 1.165) is 5.69 Å². The molecule has 1 N–H and O–H groups in total. The summed E-state index contributed by atoms with van der Waals surface area (Å²) in [6.45, 7) is 0. The summed E-state index contributed by atoms with van der Waals surface area (Å²) >= 11 is 0. The molecule has 6 heteroatoms. The van der Waals surface area contributed by atoms with Crippen molar-refractivity contribution in [1.82, 2.24) is 15.0 Å². The lowest BCUT2D eigenvalue weighted by Gasteiger charge is -2.01. The van der Waals surface area contributed by atoms with Crippen LogP contribution >= 0.6 is 0 Å². The summed E-state index contributed by atoms with van der Waals surface area (Å²) in [5, 5.41) is 26.1. The summed E-state index contributed by atoms with van der Waals surface area (Å²) < 4.78 is 1.54. The van der Waals surface area contributed by atoms with Crippen molar-refractivity contribution in [3.05, 3.63) is 65.9 Å². The molecule has 0 saturated carbocycles. The maximum absolute atomic E-state index is 11.3. The highest BCUT2D eigenvalue weighted by atomic mass is 16.4. The quantitative estimate of drug-likeness (QED) is 0.800. The summed E-state index contributed by atoms with van der Waals surface area (Å²) in [6.07, 6.45) is 1.66. The molecule has 0 spiro atoms. The molecule has 0 aliphatic rings. The van der Waals surface area contributed by atoms with Gasteiger partial charge in [-0.1, -0.05) is 23.4 Å². The van der Waals surface area contributed by atoms with Crippen LogP contribution in [0.4, 0.5) is 0 Å². The Kier molecular flexibility index (Phi) is 3.38. The van der Waals surface area contributed by atoms with Gasteiger partial charge in [-0.25, -0.2) is 9.48 Å². The molecular weight excluding hydrogens is 280 g/mol. The van der Waals surface area contributed by atoms with Crippen LogP contribution in [0.2, 0.25) is 0 Å². The van der Waals surface area contributed by atoms with Crippen molar-refractivity contribution in [2.45, 2.75) is 0 Å². The number of aromatic carboxylic acids is 1. The molecule has 0 amide bonds. The van der Waals surface area contributed by atoms with Crippen molar-refractivity contribution in [1.29, 1.82) is 5.26 Å². The number of nitrogens with zero attached hydrogens (tertiary/aromatic N) is 4. The molecule has 1 aromatic heterocycles. The third-order valence-corrected chi connectivity index (χ3v) is 3.19. The van der Waals surface area contributed by atoms with Gasteiger partial charge in [0.25, 0.3) is 0 Å². The molecule has 0 aliphatic heterocycles. The molecule has 0 radical (unpaired) electrons. The van der Waals surface area contributed by atoms with Gasteiger partial charge < -0.3 is 5.11 Å². The highest BCUT2D eigenvalue weighted by Gasteiger charge is 2.14. The fourth-order valence-corrected chi connectivity index (χ4v) is 2.10. The Labute approximate surface area is 125 Å². The van der Waals surface area contributed by atoms with Gasteiger partial charge in [-0.3, -0.25) is 0 Å². The van der Waals surface area contributed by atoms with Gasteiger partial charge in [-0.05, 0) is 30.3 Å². The second-order valence-electron chi connectivity index (χ2n) is 4.56. The number of carboxylic acid groups (broad SMARTS) is 1. The van der Waals surface area contributed by atoms with Gasteiger partial charge >= 0.3 is 5.97 Å². The van der Waals surface area contributed by atoms with Crippen molar-refractivity contribution < 1.29 is 9.90 Å². The minimum absolute atomic E-state index is 0.175. The first-order valence-corrected chi connectivity index (χ1v) is 6.44. The summed E-state index contributed by atoms with van der Waals surface area (Å²) in [4.78, 5) is 11.3. The minimum atomic E-state index is -1.01. The van der Waals surface area contributed by atoms with Crippen molar-refractivity contribution in [3.8, 4) is 23.0 Å². The maximum Gasteiger partial charge on any atom is 0.336 e. The average Bonchev–Trinajstić information content (AvgIpc) is 3.04. The number of rotatable bonds is 3. The smallest absolute Gasteiger partial charge is 0.336 e. The predicted octanol–water partition coefficient (Wildman–Crippen LogP) is 2.50. The van der Waals surface area contributed by atoms with Gasteiger partial charge in [-0.2, -0.15) is 5.26 Å². The molecule has 22 heavy (non-hydrogen) atoms. The number of nitriles is 1. The highest BCUT2D eigenvalue weighted by Crippen LogP contribution is 2.22. The SMILES string of the molecule is N#Cc1ccc(-n2cc(-c3ccccc3C(=O)O)nn2)cc1. The molecular formula is C16H10N4O2. The lowest BCUT2D eigenvalue weighted by Crippen LogP contribution is -1.99. The Morgan fingerprint density at radius 3 is 2.55 bits per heavy atom. The van der Waals surface area contributed by atoms with E-state index in [-0.39, 0.29) is 5.56 Å². The van der Waals surface area contributed by atoms with E-state index < -0.39 is 5.97 Å². The standard InChI is InChI=1S/C16H10N4O2/c17-9-11-5-7-12(8-6-11)20-10-15(18-19-20)13-3-1-2-4-14(13)16(21)22/h1-8,10H,(H,21,22). The van der Waals surface area contributed by atoms with E-state index in [1.54, 1.807) is 48.7 Å². The van der Waals surface area contributed by atoms with Crippen LogP contribution in [0, 0.1) is 11.3 Å². The molecule has 0 unspecified atom stereocenters. The second-order valence-corrected chi connectivity index (χ2v) is 4.56. The molecule has 3 rings (SSSR count). The van der Waals surface area contributed by atoms with Gasteiger partial charge in [0.1, 0.15) is 5.69 Å². The van der Waals surface area contributed by atoms with Crippen molar-refractivity contribution >= 4 is 5.97 Å². The van der Waals surface area contributed by atoms with Gasteiger partial charge in [0.2, 0.25) is 0 Å². The molecule has 106 valence electrons. The summed E-state index contributed by atoms with van der Waals surface area (Å²) in [6, 6.07) is 15.5. The van der Waals surface area contributed by atoms with Gasteiger partial charge in [-0.15, -0.1) is 5.10 Å². The van der Waals surface area contributed by atoms with E-state index in [1.807, 2.05) is 6.07 Å². The normalized spacial score (nSPS) is 10.1. The number of aromatic nitrogens is 3. The van der Waals surface area contributed by atoms with Crippen LogP contribution in [0.5, 0.6) is 0 Å². The summed E-state index contributed by atoms with van der Waals surface area (Å²) in [7, 11) is 0. The molecule has 6 nitrogen and oxygen atoms in total. The van der Waals surface area contributed by atoms with Crippen LogP contribution < -0.4 is 0 Å². The van der Waals surface area contributed by atoms with E-state index in [9.17, 15) is 9.90 Å². The average molecular weight is 290 g/mol. The molecule has 0 aliphatic carbocycles. The predicted molar refractivity (Wildman–Crippen MR) is 78.5 cm³/mol. The zero-order chi connectivity index (χ0) is 15.5. The van der Waals surface area contributed by atoms with Crippen LogP contribution in [0.1, 0.15) is 15.9 Å². The Hall–Kier alpha value is -3.46. The third kappa shape index (κ3) is 2.43. The van der Waals surface area contributed by atoms with Gasteiger partial charge in [0, 0.05) is 5.56 Å². The Morgan fingerprint density at radius 2 is 1.86 bits per heavy atom. The first-order chi connectivity index (χ1) is 10.7. The first-order valence-electron chi connectivity index (χ1n) is 6.44. The van der Waals surface area contributed by atoms with Crippen molar-refractivity contribution in [2.75, 3.05) is 0 Å². The van der Waals surface area contributed by atoms with Crippen LogP contribution in [0.15, 0.2) is 54.7 Å². The van der Waals surface area contributed by atoms with E-state index >= 15 is 0 Å². The molecule has 0 atom stereocenters. The van der Waals surface area contributed by atoms with E-state index in [2.05, 4.69) is 10.3 Å². The van der Waals surface area contributed by atoms with E-state index in [4.69, 9.17) is 5.26 Å². The van der Waals surface area contributed by atoms with Gasteiger partial charge in [0.05, 0.1) is 29.1 Å². The molecule has 0 saturated heterocycles. The number of carboxylic acids is 1. The molecule has 0 fully saturated rings. The fourth-order valence-electron chi connectivity index (χ4n) is 2.10. The van der Waals surface area contributed by atoms with Gasteiger partial charge in [0.15, 0.2) is 0 Å². The third-order valence-electron chi connectivity index (χ3n) is 3.19. The van der Waals surface area contributed by atoms with E-state index in [1.165, 1.54) is 10.7 Å². The number of benzene rings is 2. The Balaban J connectivity index is 2.01. The number of carbonyl (C=O) groups is 1. The minimum Gasteiger partial charge on any atom is -0.478 e. The number of hydrogen-bond donors (Lipinski definition) is 1. The monoisotopic (exact) mass is 290 g/mol. The first kappa shape index (κ1) is 13.5. The molecule has 2 aromatic carbocycles. The highest BCUT2D eigenvalue weighted by molar-refractivity contribution is 5.95. The zero-order valence-electron chi connectivity index (χ0n) is 11.3. The van der Waals surface area contributed by atoms with Crippen LogP contribution in [-0.4, -0.2) is 26.1 Å². The summed E-state index contributed by atoms with van der Waals surface area (Å²) in [5.41, 5.74) is 2.46. The molecule has 1 heterocycles. The molecule has 0 bridgehead atoms. The largest absolute Gasteiger partial charge is 0.478 e. The van der Waals surface area contributed by atoms with E-state index in [0.29, 0.717) is 16.8 Å². The summed E-state index contributed by atoms with van der Waals surface area (Å²) in [5.74, 6) is -1.01. The fraction of sp³-hybridized carbons (Fsp3) is 0. The van der Waals surface area contributed by atoms with Crippen molar-refractivity contribution in [3.63, 3.8) is 0 Å². The second kappa shape index (κ2) is 5.50. The molecule has 3 aromatic rings. The Morgan fingerprint density at radius 1 is 1.14 bits per heavy atom. The van der Waals surface area contributed by atoms with Crippen LogP contribution in [0.3, 0.4) is 0 Å². The zero-order valence-corrected chi connectivity index (χ0v) is 11.3. The lowest BCUT2D eigenvalue weighted by atomic mass is 10.1. The van der Waals surface area contributed by atoms with Crippen molar-refractivity contribution in [2.24, 2.45) is 0 Å². The van der Waals surface area contributed by atoms with Crippen LogP contribution in [0.25, 0.3) is 16.9 Å². The maximum atomic E-state index is 11.3.